The van der Waals surface area contributed by atoms with Crippen molar-refractivity contribution < 1.29 is 18.7 Å². The van der Waals surface area contributed by atoms with E-state index in [0.717, 1.165) is 46.7 Å². The summed E-state index contributed by atoms with van der Waals surface area (Å²) in [6.45, 7) is 4.62. The van der Waals surface area contributed by atoms with Gasteiger partial charge in [0.15, 0.2) is 0 Å². The number of ether oxygens (including phenoxy) is 2. The van der Waals surface area contributed by atoms with E-state index in [9.17, 15) is 4.79 Å². The summed E-state index contributed by atoms with van der Waals surface area (Å²) in [6, 6.07) is 24.0. The van der Waals surface area contributed by atoms with Crippen LogP contribution in [0.3, 0.4) is 0 Å². The lowest BCUT2D eigenvalue weighted by atomic mass is 9.95. The zero-order valence-corrected chi connectivity index (χ0v) is 21.8. The topological polar surface area (TPSA) is 61.6 Å². The summed E-state index contributed by atoms with van der Waals surface area (Å²) < 4.78 is 17.4. The van der Waals surface area contributed by atoms with Gasteiger partial charge >= 0.3 is 5.97 Å². The minimum atomic E-state index is -0.152. The summed E-state index contributed by atoms with van der Waals surface area (Å²) in [6.07, 6.45) is 2.84. The number of aromatic nitrogens is 1. The van der Waals surface area contributed by atoms with Crippen molar-refractivity contribution in [3.05, 3.63) is 107 Å². The van der Waals surface area contributed by atoms with Crippen molar-refractivity contribution in [3.63, 3.8) is 0 Å². The maximum Gasteiger partial charge on any atom is 0.306 e. The van der Waals surface area contributed by atoms with Gasteiger partial charge in [-0.15, -0.1) is 0 Å². The summed E-state index contributed by atoms with van der Waals surface area (Å²) >= 11 is 0. The molecule has 0 saturated carbocycles. The number of nitrogens with zero attached hydrogens (tertiary/aromatic N) is 1. The number of hydrogen-bond donors (Lipinski definition) is 0. The molecule has 38 heavy (non-hydrogen) atoms. The monoisotopic (exact) mass is 505 g/mol. The average Bonchev–Trinajstić information content (AvgIpc) is 3.51. The summed E-state index contributed by atoms with van der Waals surface area (Å²) in [4.78, 5) is 16.9. The molecule has 5 nitrogen and oxygen atoms in total. The predicted molar refractivity (Wildman–Crippen MR) is 147 cm³/mol. The number of fused-ring (bicyclic) bond motifs is 1. The van der Waals surface area contributed by atoms with E-state index in [1.165, 1.54) is 11.1 Å². The fourth-order valence-corrected chi connectivity index (χ4v) is 4.85. The number of carbonyl (C=O) groups is 1. The largest absolute Gasteiger partial charge is 0.492 e. The lowest BCUT2D eigenvalue weighted by molar-refractivity contribution is -0.143. The Bertz CT molecular complexity index is 1460. The van der Waals surface area contributed by atoms with Crippen LogP contribution in [0.4, 0.5) is 0 Å². The van der Waals surface area contributed by atoms with Gasteiger partial charge in [0.2, 0.25) is 5.89 Å². The zero-order valence-electron chi connectivity index (χ0n) is 21.8. The number of benzene rings is 3. The van der Waals surface area contributed by atoms with Crippen LogP contribution < -0.4 is 4.74 Å². The molecule has 4 aromatic rings. The number of hydrogen-bond acceptors (Lipinski definition) is 5. The van der Waals surface area contributed by atoms with E-state index in [-0.39, 0.29) is 11.9 Å². The van der Waals surface area contributed by atoms with Crippen LogP contribution in [-0.4, -0.2) is 24.2 Å². The third kappa shape index (κ3) is 5.98. The highest BCUT2D eigenvalue weighted by Crippen LogP contribution is 2.39. The van der Waals surface area contributed by atoms with E-state index in [1.807, 2.05) is 74.5 Å². The Kier molecular flexibility index (Phi) is 7.89. The van der Waals surface area contributed by atoms with Crippen molar-refractivity contribution in [2.75, 3.05) is 13.2 Å². The van der Waals surface area contributed by atoms with Crippen LogP contribution in [0.15, 0.2) is 77.2 Å². The summed E-state index contributed by atoms with van der Waals surface area (Å²) in [5.74, 6) is 8.75. The average molecular weight is 506 g/mol. The zero-order chi connectivity index (χ0) is 26.3. The number of rotatable bonds is 8. The van der Waals surface area contributed by atoms with Crippen molar-refractivity contribution in [3.8, 4) is 29.0 Å². The smallest absolute Gasteiger partial charge is 0.306 e. The normalized spacial score (nSPS) is 13.9. The van der Waals surface area contributed by atoms with Crippen LogP contribution in [-0.2, 0) is 22.4 Å². The van der Waals surface area contributed by atoms with Gasteiger partial charge in [-0.1, -0.05) is 48.2 Å². The number of carbonyl (C=O) groups excluding carboxylic acids is 1. The molecule has 0 aliphatic heterocycles. The molecule has 0 spiro atoms. The Labute approximate surface area is 223 Å². The molecular weight excluding hydrogens is 474 g/mol. The van der Waals surface area contributed by atoms with E-state index in [4.69, 9.17) is 18.9 Å². The predicted octanol–water partition coefficient (Wildman–Crippen LogP) is 6.65. The molecule has 5 rings (SSSR count). The molecule has 1 aliphatic carbocycles. The van der Waals surface area contributed by atoms with Gasteiger partial charge in [-0.2, -0.15) is 0 Å². The van der Waals surface area contributed by atoms with Crippen molar-refractivity contribution in [1.29, 1.82) is 0 Å². The molecule has 1 heterocycles. The Morgan fingerprint density at radius 1 is 1.05 bits per heavy atom. The fraction of sp³-hybridized carbons (Fsp3) is 0.273. The summed E-state index contributed by atoms with van der Waals surface area (Å²) in [7, 11) is 0. The second kappa shape index (κ2) is 11.8. The molecule has 0 saturated heterocycles. The first-order valence-corrected chi connectivity index (χ1v) is 13.1. The van der Waals surface area contributed by atoms with Crippen molar-refractivity contribution >= 4 is 5.97 Å². The molecule has 1 atom stereocenters. The molecule has 192 valence electrons. The van der Waals surface area contributed by atoms with Gasteiger partial charge in [0, 0.05) is 17.5 Å². The molecule has 0 amide bonds. The lowest BCUT2D eigenvalue weighted by Crippen LogP contribution is -2.09. The van der Waals surface area contributed by atoms with E-state index >= 15 is 0 Å². The van der Waals surface area contributed by atoms with Gasteiger partial charge in [-0.05, 0) is 80.1 Å². The highest BCUT2D eigenvalue weighted by atomic mass is 16.5. The molecule has 0 bridgehead atoms. The molecule has 1 aliphatic rings. The van der Waals surface area contributed by atoms with Crippen molar-refractivity contribution in [2.24, 2.45) is 0 Å². The van der Waals surface area contributed by atoms with Crippen molar-refractivity contribution in [2.45, 2.75) is 45.4 Å². The maximum absolute atomic E-state index is 12.2. The van der Waals surface area contributed by atoms with Gasteiger partial charge in [0.25, 0.3) is 0 Å². The van der Waals surface area contributed by atoms with Crippen LogP contribution in [0.2, 0.25) is 0 Å². The molecule has 0 unspecified atom stereocenters. The van der Waals surface area contributed by atoms with E-state index in [0.29, 0.717) is 31.9 Å². The Morgan fingerprint density at radius 2 is 1.82 bits per heavy atom. The van der Waals surface area contributed by atoms with Gasteiger partial charge < -0.3 is 13.9 Å². The lowest BCUT2D eigenvalue weighted by Gasteiger charge is -2.14. The first-order valence-electron chi connectivity index (χ1n) is 13.1. The molecule has 3 aromatic carbocycles. The third-order valence-electron chi connectivity index (χ3n) is 6.79. The van der Waals surface area contributed by atoms with Crippen LogP contribution >= 0.6 is 0 Å². The number of aryl methyl sites for hydroxylation is 2. The van der Waals surface area contributed by atoms with E-state index in [2.05, 4.69) is 24.0 Å². The van der Waals surface area contributed by atoms with Gasteiger partial charge in [-0.25, -0.2) is 4.98 Å². The number of oxazole rings is 1. The van der Waals surface area contributed by atoms with E-state index in [1.54, 1.807) is 0 Å². The van der Waals surface area contributed by atoms with Gasteiger partial charge in [0.1, 0.15) is 11.5 Å². The van der Waals surface area contributed by atoms with E-state index < -0.39 is 0 Å². The molecule has 0 radical (unpaired) electrons. The highest BCUT2D eigenvalue weighted by molar-refractivity contribution is 5.71. The van der Waals surface area contributed by atoms with Gasteiger partial charge in [0.05, 0.1) is 30.9 Å². The Balaban J connectivity index is 1.36. The van der Waals surface area contributed by atoms with Crippen LogP contribution in [0.5, 0.6) is 5.75 Å². The quantitative estimate of drug-likeness (QED) is 0.198. The molecular formula is C33H31NO4. The standard InChI is InChI=1S/C33H31NO4/c1-3-36-32(35)22-27-17-16-26-21-31(28(20-29(26)27)15-14-24-10-6-4-7-11-24)37-19-18-30-23(2)38-33(34-30)25-12-8-5-9-13-25/h4-13,20-21,27H,3,16-19,22H2,1-2H3/t27-/m0/s1. The Hall–Kier alpha value is -4.30. The number of esters is 1. The molecule has 5 heteroatoms. The van der Waals surface area contributed by atoms with Crippen molar-refractivity contribution in [1.82, 2.24) is 4.98 Å². The third-order valence-corrected chi connectivity index (χ3v) is 6.79. The summed E-state index contributed by atoms with van der Waals surface area (Å²) in [5, 5.41) is 0. The molecule has 0 fully saturated rings. The second-order valence-electron chi connectivity index (χ2n) is 9.39. The summed E-state index contributed by atoms with van der Waals surface area (Å²) in [5.41, 5.74) is 5.98. The first-order chi connectivity index (χ1) is 18.6. The van der Waals surface area contributed by atoms with Crippen LogP contribution in [0, 0.1) is 18.8 Å². The van der Waals surface area contributed by atoms with Crippen LogP contribution in [0.1, 0.15) is 59.4 Å². The van der Waals surface area contributed by atoms with Crippen LogP contribution in [0.25, 0.3) is 11.5 Å². The first kappa shape index (κ1) is 25.4. The SMILES string of the molecule is CCOC(=O)C[C@@H]1CCc2cc(OCCc3nc(-c4ccccc4)oc3C)c(C#Cc3ccccc3)cc21. The maximum atomic E-state index is 12.2. The minimum Gasteiger partial charge on any atom is -0.492 e. The highest BCUT2D eigenvalue weighted by Gasteiger charge is 2.27. The molecule has 0 N–H and O–H groups in total. The minimum absolute atomic E-state index is 0.143. The Morgan fingerprint density at radius 3 is 2.58 bits per heavy atom. The second-order valence-corrected chi connectivity index (χ2v) is 9.39. The molecule has 1 aromatic heterocycles. The fourth-order valence-electron chi connectivity index (χ4n) is 4.85. The van der Waals surface area contributed by atoms with Gasteiger partial charge in [-0.3, -0.25) is 4.79 Å².